The van der Waals surface area contributed by atoms with Crippen molar-refractivity contribution < 1.29 is 32.2 Å². The highest BCUT2D eigenvalue weighted by Crippen LogP contribution is 2.36. The summed E-state index contributed by atoms with van der Waals surface area (Å²) in [5.41, 5.74) is -0.135. The van der Waals surface area contributed by atoms with Crippen LogP contribution in [0.15, 0.2) is 22.6 Å². The summed E-state index contributed by atoms with van der Waals surface area (Å²) in [7, 11) is 0. The Morgan fingerprint density at radius 2 is 1.97 bits per heavy atom. The number of benzene rings is 1. The zero-order chi connectivity index (χ0) is 22.4. The normalized spacial score (nSPS) is 21.2. The van der Waals surface area contributed by atoms with E-state index in [0.29, 0.717) is 10.9 Å². The number of phenolic OH excluding ortho intramolecular Hbond substituents is 1. The van der Waals surface area contributed by atoms with E-state index in [9.17, 15) is 27.8 Å². The van der Waals surface area contributed by atoms with Crippen LogP contribution in [0.3, 0.4) is 0 Å². The molecule has 166 valence electrons. The van der Waals surface area contributed by atoms with Gasteiger partial charge in [0.1, 0.15) is 30.2 Å². The molecule has 3 aromatic rings. The lowest BCUT2D eigenvalue weighted by Crippen LogP contribution is -2.52. The van der Waals surface area contributed by atoms with E-state index in [-0.39, 0.29) is 53.4 Å². The minimum absolute atomic E-state index is 0.0613. The molecule has 4 N–H and O–H groups in total. The number of alkyl halides is 4. The fourth-order valence-electron chi connectivity index (χ4n) is 3.52. The molecular weight excluding hydrogens is 422 g/mol. The standard InChI is InChI=1S/C19H19F4N5O3/c1-9-2-13(16-27-28-17(31-16)25-11-5-18(30,6-11)7-20)26-15-12(9)3-10(4-14(15)29)24-8-19(21,22)23/h2-4,11,24,29-30H,5-8H2,1H3,(H,25,28). The number of nitrogens with zero attached hydrogens (tertiary/aromatic N) is 3. The number of anilines is 2. The molecule has 2 heterocycles. The van der Waals surface area contributed by atoms with Crippen molar-refractivity contribution >= 4 is 22.6 Å². The molecule has 0 aliphatic heterocycles. The largest absolute Gasteiger partial charge is 0.506 e. The highest BCUT2D eigenvalue weighted by Gasteiger charge is 2.43. The number of aryl methyl sites for hydroxylation is 1. The Labute approximate surface area is 173 Å². The highest BCUT2D eigenvalue weighted by atomic mass is 19.4. The Bertz CT molecular complexity index is 1110. The molecule has 4 rings (SSSR count). The summed E-state index contributed by atoms with van der Waals surface area (Å²) in [6, 6.07) is 4.12. The molecule has 1 aliphatic carbocycles. The lowest BCUT2D eigenvalue weighted by Gasteiger charge is -2.41. The number of aliphatic hydroxyl groups is 1. The van der Waals surface area contributed by atoms with E-state index in [2.05, 4.69) is 25.8 Å². The summed E-state index contributed by atoms with van der Waals surface area (Å²) in [5, 5.41) is 33.4. The van der Waals surface area contributed by atoms with Gasteiger partial charge in [-0.3, -0.25) is 0 Å². The Morgan fingerprint density at radius 3 is 2.65 bits per heavy atom. The van der Waals surface area contributed by atoms with Gasteiger partial charge in [0, 0.05) is 23.2 Å². The van der Waals surface area contributed by atoms with Crippen LogP contribution in [0, 0.1) is 6.92 Å². The van der Waals surface area contributed by atoms with E-state index in [1.54, 1.807) is 13.0 Å². The molecule has 0 radical (unpaired) electrons. The molecule has 8 nitrogen and oxygen atoms in total. The van der Waals surface area contributed by atoms with Crippen molar-refractivity contribution in [1.29, 1.82) is 0 Å². The third-order valence-electron chi connectivity index (χ3n) is 5.07. The van der Waals surface area contributed by atoms with Gasteiger partial charge in [-0.2, -0.15) is 13.2 Å². The third kappa shape index (κ3) is 4.48. The van der Waals surface area contributed by atoms with Gasteiger partial charge in [0.25, 0.3) is 5.89 Å². The number of hydrogen-bond acceptors (Lipinski definition) is 8. The van der Waals surface area contributed by atoms with Crippen molar-refractivity contribution in [2.45, 2.75) is 37.6 Å². The monoisotopic (exact) mass is 441 g/mol. The topological polar surface area (TPSA) is 116 Å². The van der Waals surface area contributed by atoms with E-state index < -0.39 is 25.0 Å². The van der Waals surface area contributed by atoms with E-state index in [0.717, 1.165) is 6.07 Å². The Morgan fingerprint density at radius 1 is 1.23 bits per heavy atom. The second-order valence-electron chi connectivity index (χ2n) is 7.70. The number of aromatic hydroxyl groups is 1. The van der Waals surface area contributed by atoms with Crippen LogP contribution in [-0.2, 0) is 0 Å². The van der Waals surface area contributed by atoms with Gasteiger partial charge in [-0.25, -0.2) is 9.37 Å². The average molecular weight is 441 g/mol. The summed E-state index contributed by atoms with van der Waals surface area (Å²) < 4.78 is 55.5. The number of aromatic nitrogens is 3. The quantitative estimate of drug-likeness (QED) is 0.429. The molecule has 31 heavy (non-hydrogen) atoms. The maximum absolute atomic E-state index is 12.7. The van der Waals surface area contributed by atoms with Crippen molar-refractivity contribution in [3.63, 3.8) is 0 Å². The van der Waals surface area contributed by atoms with Gasteiger partial charge < -0.3 is 25.3 Å². The lowest BCUT2D eigenvalue weighted by molar-refractivity contribution is -0.115. The van der Waals surface area contributed by atoms with Crippen LogP contribution >= 0.6 is 0 Å². The number of rotatable bonds is 6. The van der Waals surface area contributed by atoms with Gasteiger partial charge in [0.15, 0.2) is 0 Å². The van der Waals surface area contributed by atoms with Gasteiger partial charge in [0.2, 0.25) is 0 Å². The first-order chi connectivity index (χ1) is 14.5. The molecule has 2 aromatic heterocycles. The maximum Gasteiger partial charge on any atom is 0.405 e. The summed E-state index contributed by atoms with van der Waals surface area (Å²) in [4.78, 5) is 4.31. The van der Waals surface area contributed by atoms with Crippen molar-refractivity contribution in [3.05, 3.63) is 23.8 Å². The zero-order valence-corrected chi connectivity index (χ0v) is 16.3. The molecule has 12 heteroatoms. The molecule has 0 spiro atoms. The van der Waals surface area contributed by atoms with Crippen LogP contribution in [0.4, 0.5) is 29.3 Å². The molecule has 0 atom stereocenters. The van der Waals surface area contributed by atoms with Crippen LogP contribution in [0.5, 0.6) is 5.75 Å². The zero-order valence-electron chi connectivity index (χ0n) is 16.3. The summed E-state index contributed by atoms with van der Waals surface area (Å²) in [6.45, 7) is -0.344. The fourth-order valence-corrected chi connectivity index (χ4v) is 3.52. The minimum atomic E-state index is -4.39. The van der Waals surface area contributed by atoms with E-state index in [1.165, 1.54) is 6.07 Å². The summed E-state index contributed by atoms with van der Waals surface area (Å²) in [5.74, 6) is -0.240. The van der Waals surface area contributed by atoms with Gasteiger partial charge in [-0.15, -0.1) is 5.10 Å². The van der Waals surface area contributed by atoms with Gasteiger partial charge in [-0.1, -0.05) is 5.10 Å². The van der Waals surface area contributed by atoms with Gasteiger partial charge in [0.05, 0.1) is 5.60 Å². The van der Waals surface area contributed by atoms with Crippen LogP contribution < -0.4 is 10.6 Å². The Balaban J connectivity index is 1.55. The number of nitrogens with one attached hydrogen (secondary N) is 2. The van der Waals surface area contributed by atoms with E-state index >= 15 is 0 Å². The molecule has 0 saturated heterocycles. The Hall–Kier alpha value is -3.15. The molecule has 1 fully saturated rings. The molecule has 1 aliphatic rings. The smallest absolute Gasteiger partial charge is 0.405 e. The van der Waals surface area contributed by atoms with Crippen molar-refractivity contribution in [1.82, 2.24) is 15.2 Å². The highest BCUT2D eigenvalue weighted by molar-refractivity contribution is 5.92. The number of phenols is 1. The van der Waals surface area contributed by atoms with Crippen molar-refractivity contribution in [2.24, 2.45) is 0 Å². The summed E-state index contributed by atoms with van der Waals surface area (Å²) in [6.07, 6.45) is -3.96. The first-order valence-electron chi connectivity index (χ1n) is 9.39. The average Bonchev–Trinajstić information content (AvgIpc) is 3.13. The Kier molecular flexibility index (Phi) is 5.12. The van der Waals surface area contributed by atoms with Crippen molar-refractivity contribution in [3.8, 4) is 17.3 Å². The maximum atomic E-state index is 12.7. The van der Waals surface area contributed by atoms with Gasteiger partial charge in [-0.05, 0) is 37.5 Å². The van der Waals surface area contributed by atoms with Crippen LogP contribution in [-0.4, -0.2) is 56.4 Å². The molecule has 0 bridgehead atoms. The van der Waals surface area contributed by atoms with Crippen molar-refractivity contribution in [2.75, 3.05) is 23.9 Å². The van der Waals surface area contributed by atoms with E-state index in [4.69, 9.17) is 4.42 Å². The molecule has 1 aromatic carbocycles. The molecule has 1 saturated carbocycles. The lowest BCUT2D eigenvalue weighted by atomic mass is 9.77. The SMILES string of the molecule is Cc1cc(-c2nnc(NC3CC(O)(CF)C3)o2)nc2c(O)cc(NCC(F)(F)F)cc12. The van der Waals surface area contributed by atoms with Gasteiger partial charge >= 0.3 is 12.2 Å². The van der Waals surface area contributed by atoms with Crippen LogP contribution in [0.1, 0.15) is 18.4 Å². The second-order valence-corrected chi connectivity index (χ2v) is 7.70. The fraction of sp³-hybridized carbons (Fsp3) is 0.421. The number of fused-ring (bicyclic) bond motifs is 1. The minimum Gasteiger partial charge on any atom is -0.506 e. The predicted molar refractivity (Wildman–Crippen MR) is 104 cm³/mol. The van der Waals surface area contributed by atoms with E-state index in [1.807, 2.05) is 0 Å². The first kappa shape index (κ1) is 21.1. The first-order valence-corrected chi connectivity index (χ1v) is 9.39. The number of halogens is 4. The number of hydrogen-bond donors (Lipinski definition) is 4. The molecule has 0 unspecified atom stereocenters. The number of pyridine rings is 1. The molecular formula is C19H19F4N5O3. The summed E-state index contributed by atoms with van der Waals surface area (Å²) >= 11 is 0. The third-order valence-corrected chi connectivity index (χ3v) is 5.07. The molecule has 0 amide bonds. The predicted octanol–water partition coefficient (Wildman–Crippen LogP) is 3.55. The van der Waals surface area contributed by atoms with Crippen LogP contribution in [0.2, 0.25) is 0 Å². The second kappa shape index (κ2) is 7.52. The van der Waals surface area contributed by atoms with Crippen LogP contribution in [0.25, 0.3) is 22.5 Å².